The van der Waals surface area contributed by atoms with E-state index >= 15 is 0 Å². The van der Waals surface area contributed by atoms with Crippen molar-refractivity contribution < 1.29 is 0 Å². The number of halogens is 1. The summed E-state index contributed by atoms with van der Waals surface area (Å²) >= 11 is 6.08. The first-order chi connectivity index (χ1) is 10.2. The molecular formula is C17H12ClN3. The Hall–Kier alpha value is -2.57. The smallest absolute Gasteiger partial charge is 0.163 e. The molecule has 0 saturated heterocycles. The van der Waals surface area contributed by atoms with E-state index in [9.17, 15) is 0 Å². The highest BCUT2D eigenvalue weighted by Gasteiger charge is 2.12. The van der Waals surface area contributed by atoms with Crippen molar-refractivity contribution in [1.82, 2.24) is 9.78 Å². The van der Waals surface area contributed by atoms with Crippen LogP contribution in [-0.4, -0.2) is 9.78 Å². The van der Waals surface area contributed by atoms with E-state index in [1.54, 1.807) is 10.7 Å². The van der Waals surface area contributed by atoms with Gasteiger partial charge in [-0.1, -0.05) is 35.9 Å². The molecule has 3 aromatic rings. The van der Waals surface area contributed by atoms with E-state index in [-0.39, 0.29) is 0 Å². The van der Waals surface area contributed by atoms with Gasteiger partial charge in [0.25, 0.3) is 0 Å². The molecule has 4 heteroatoms. The van der Waals surface area contributed by atoms with Crippen LogP contribution in [0.5, 0.6) is 0 Å². The number of nitrogens with zero attached hydrogens (tertiary/aromatic N) is 3. The zero-order chi connectivity index (χ0) is 14.8. The number of hydrogen-bond acceptors (Lipinski definition) is 2. The van der Waals surface area contributed by atoms with Crippen LogP contribution in [0.1, 0.15) is 11.3 Å². The van der Waals surface area contributed by atoms with Crippen LogP contribution < -0.4 is 0 Å². The molecule has 0 N–H and O–H groups in total. The molecular weight excluding hydrogens is 282 g/mol. The third kappa shape index (κ3) is 2.54. The van der Waals surface area contributed by atoms with Gasteiger partial charge in [-0.15, -0.1) is 0 Å². The highest BCUT2D eigenvalue weighted by Crippen LogP contribution is 2.27. The van der Waals surface area contributed by atoms with Crippen molar-refractivity contribution >= 4 is 11.6 Å². The van der Waals surface area contributed by atoms with Gasteiger partial charge >= 0.3 is 0 Å². The van der Waals surface area contributed by atoms with Crippen LogP contribution in [0.4, 0.5) is 0 Å². The van der Waals surface area contributed by atoms with E-state index in [0.29, 0.717) is 5.69 Å². The molecule has 1 aromatic heterocycles. The van der Waals surface area contributed by atoms with E-state index in [1.807, 2.05) is 55.5 Å². The highest BCUT2D eigenvalue weighted by atomic mass is 35.5. The van der Waals surface area contributed by atoms with Crippen molar-refractivity contribution in [2.75, 3.05) is 0 Å². The molecule has 0 radical (unpaired) electrons. The quantitative estimate of drug-likeness (QED) is 0.704. The normalized spacial score (nSPS) is 10.3. The maximum atomic E-state index is 9.12. The van der Waals surface area contributed by atoms with Crippen molar-refractivity contribution in [1.29, 1.82) is 5.26 Å². The lowest BCUT2D eigenvalue weighted by Crippen LogP contribution is -1.99. The average Bonchev–Trinajstić information content (AvgIpc) is 2.95. The Labute approximate surface area is 128 Å². The minimum Gasteiger partial charge on any atom is -0.232 e. The fraction of sp³-hybridized carbons (Fsp3) is 0.0588. The molecule has 21 heavy (non-hydrogen) atoms. The molecule has 2 aromatic carbocycles. The molecule has 0 atom stereocenters. The van der Waals surface area contributed by atoms with E-state index in [1.165, 1.54) is 0 Å². The monoisotopic (exact) mass is 293 g/mol. The molecule has 3 rings (SSSR count). The Morgan fingerprint density at radius 3 is 2.52 bits per heavy atom. The molecule has 0 aliphatic carbocycles. The lowest BCUT2D eigenvalue weighted by Gasteiger charge is -2.08. The molecule has 0 unspecified atom stereocenters. The Bertz CT molecular complexity index is 829. The Kier molecular flexibility index (Phi) is 3.47. The summed E-state index contributed by atoms with van der Waals surface area (Å²) in [4.78, 5) is 0. The average molecular weight is 294 g/mol. The van der Waals surface area contributed by atoms with E-state index in [0.717, 1.165) is 27.5 Å². The maximum absolute atomic E-state index is 9.12. The van der Waals surface area contributed by atoms with Crippen LogP contribution in [0.2, 0.25) is 5.02 Å². The van der Waals surface area contributed by atoms with E-state index in [2.05, 4.69) is 11.2 Å². The van der Waals surface area contributed by atoms with Crippen LogP contribution in [0.25, 0.3) is 16.9 Å². The summed E-state index contributed by atoms with van der Waals surface area (Å²) in [6.07, 6.45) is 0. The topological polar surface area (TPSA) is 41.6 Å². The summed E-state index contributed by atoms with van der Waals surface area (Å²) in [5.74, 6) is 0. The fourth-order valence-electron chi connectivity index (χ4n) is 2.21. The first-order valence-corrected chi connectivity index (χ1v) is 6.89. The van der Waals surface area contributed by atoms with Crippen LogP contribution in [0.15, 0.2) is 54.6 Å². The number of hydrogen-bond donors (Lipinski definition) is 0. The maximum Gasteiger partial charge on any atom is 0.163 e. The summed E-state index contributed by atoms with van der Waals surface area (Å²) < 4.78 is 1.78. The van der Waals surface area contributed by atoms with Crippen molar-refractivity contribution in [2.24, 2.45) is 0 Å². The molecule has 102 valence electrons. The number of aromatic nitrogens is 2. The van der Waals surface area contributed by atoms with Gasteiger partial charge < -0.3 is 0 Å². The van der Waals surface area contributed by atoms with Crippen LogP contribution in [0, 0.1) is 18.3 Å². The minimum atomic E-state index is 0.390. The SMILES string of the molecule is Cc1cc(-c2cc(C#N)nn2-c2ccccc2)ccc1Cl. The summed E-state index contributed by atoms with van der Waals surface area (Å²) in [6, 6.07) is 19.4. The molecule has 0 amide bonds. The van der Waals surface area contributed by atoms with Gasteiger partial charge in [-0.3, -0.25) is 0 Å². The molecule has 3 nitrogen and oxygen atoms in total. The van der Waals surface area contributed by atoms with Gasteiger partial charge in [0.15, 0.2) is 5.69 Å². The fourth-order valence-corrected chi connectivity index (χ4v) is 2.33. The predicted octanol–water partition coefficient (Wildman–Crippen LogP) is 4.37. The zero-order valence-corrected chi connectivity index (χ0v) is 12.2. The zero-order valence-electron chi connectivity index (χ0n) is 11.4. The van der Waals surface area contributed by atoms with E-state index < -0.39 is 0 Å². The number of aryl methyl sites for hydroxylation is 1. The standard InChI is InChI=1S/C17H12ClN3/c1-12-9-13(7-8-16(12)18)17-10-14(11-19)20-21(17)15-5-3-2-4-6-15/h2-10H,1H3. The summed E-state index contributed by atoms with van der Waals surface area (Å²) in [6.45, 7) is 1.96. The summed E-state index contributed by atoms with van der Waals surface area (Å²) in [5, 5.41) is 14.2. The van der Waals surface area contributed by atoms with Crippen LogP contribution in [-0.2, 0) is 0 Å². The minimum absolute atomic E-state index is 0.390. The number of benzene rings is 2. The molecule has 0 saturated carbocycles. The third-order valence-electron chi connectivity index (χ3n) is 3.28. The molecule has 0 spiro atoms. The van der Waals surface area contributed by atoms with Crippen molar-refractivity contribution in [2.45, 2.75) is 6.92 Å². The third-order valence-corrected chi connectivity index (χ3v) is 3.70. The second kappa shape index (κ2) is 5.43. The van der Waals surface area contributed by atoms with Gasteiger partial charge in [0.2, 0.25) is 0 Å². The van der Waals surface area contributed by atoms with Gasteiger partial charge in [-0.25, -0.2) is 4.68 Å². The number of rotatable bonds is 2. The van der Waals surface area contributed by atoms with Gasteiger partial charge in [0.05, 0.1) is 11.4 Å². The van der Waals surface area contributed by atoms with Gasteiger partial charge in [0.1, 0.15) is 6.07 Å². The van der Waals surface area contributed by atoms with Crippen molar-refractivity contribution in [3.05, 3.63) is 70.9 Å². The lowest BCUT2D eigenvalue weighted by atomic mass is 10.1. The first-order valence-electron chi connectivity index (χ1n) is 6.51. The molecule has 0 aliphatic rings. The van der Waals surface area contributed by atoms with Gasteiger partial charge in [-0.2, -0.15) is 10.4 Å². The molecule has 1 heterocycles. The molecule has 0 bridgehead atoms. The van der Waals surface area contributed by atoms with Gasteiger partial charge in [-0.05, 0) is 36.8 Å². The lowest BCUT2D eigenvalue weighted by molar-refractivity contribution is 0.880. The summed E-state index contributed by atoms with van der Waals surface area (Å²) in [5.41, 5.74) is 4.16. The van der Waals surface area contributed by atoms with Crippen LogP contribution >= 0.6 is 11.6 Å². The van der Waals surface area contributed by atoms with Crippen LogP contribution in [0.3, 0.4) is 0 Å². The first kappa shape index (κ1) is 13.4. The Morgan fingerprint density at radius 1 is 1.10 bits per heavy atom. The summed E-state index contributed by atoms with van der Waals surface area (Å²) in [7, 11) is 0. The van der Waals surface area contributed by atoms with Crippen molar-refractivity contribution in [3.63, 3.8) is 0 Å². The largest absolute Gasteiger partial charge is 0.232 e. The molecule has 0 fully saturated rings. The van der Waals surface area contributed by atoms with Crippen molar-refractivity contribution in [3.8, 4) is 23.0 Å². The number of nitriles is 1. The highest BCUT2D eigenvalue weighted by molar-refractivity contribution is 6.31. The Morgan fingerprint density at radius 2 is 1.86 bits per heavy atom. The second-order valence-electron chi connectivity index (χ2n) is 4.74. The predicted molar refractivity (Wildman–Crippen MR) is 83.5 cm³/mol. The number of para-hydroxylation sites is 1. The van der Waals surface area contributed by atoms with Gasteiger partial charge in [0, 0.05) is 16.7 Å². The van der Waals surface area contributed by atoms with E-state index in [4.69, 9.17) is 16.9 Å². The molecule has 0 aliphatic heterocycles. The second-order valence-corrected chi connectivity index (χ2v) is 5.15. The Balaban J connectivity index is 2.20.